The fraction of sp³-hybridized carbons (Fsp3) is 0.731. The van der Waals surface area contributed by atoms with Gasteiger partial charge >= 0.3 is 0 Å². The quantitative estimate of drug-likeness (QED) is 0.209. The second kappa shape index (κ2) is 18.0. The molecule has 0 amide bonds. The van der Waals surface area contributed by atoms with E-state index in [1.165, 1.54) is 50.5 Å². The summed E-state index contributed by atoms with van der Waals surface area (Å²) in [6.45, 7) is 5.97. The van der Waals surface area contributed by atoms with Gasteiger partial charge < -0.3 is 23.7 Å². The Bertz CT molecular complexity index is 600. The van der Waals surface area contributed by atoms with Crippen LogP contribution in [-0.4, -0.2) is 58.8 Å². The van der Waals surface area contributed by atoms with Crippen LogP contribution < -0.4 is 4.74 Å². The average molecular weight is 451 g/mol. The van der Waals surface area contributed by atoms with Crippen molar-refractivity contribution in [3.63, 3.8) is 0 Å². The molecule has 1 aromatic carbocycles. The largest absolute Gasteiger partial charge is 0.490 e. The monoisotopic (exact) mass is 450 g/mol. The number of unbranched alkanes of at least 4 members (excludes halogenated alkanes) is 5. The van der Waals surface area contributed by atoms with E-state index in [1.807, 2.05) is 12.1 Å². The van der Waals surface area contributed by atoms with Gasteiger partial charge in [-0.1, -0.05) is 45.1 Å². The average Bonchev–Trinajstić information content (AvgIpc) is 2.83. The zero-order valence-electron chi connectivity index (χ0n) is 19.9. The number of rotatable bonds is 19. The smallest absolute Gasteiger partial charge is 0.157 e. The van der Waals surface area contributed by atoms with Crippen molar-refractivity contribution in [3.05, 3.63) is 29.3 Å². The van der Waals surface area contributed by atoms with Gasteiger partial charge in [0.1, 0.15) is 12.4 Å². The van der Waals surface area contributed by atoms with E-state index in [9.17, 15) is 4.79 Å². The predicted octanol–water partition coefficient (Wildman–Crippen LogP) is 5.36. The molecule has 1 aliphatic heterocycles. The molecule has 0 aliphatic carbocycles. The van der Waals surface area contributed by atoms with E-state index >= 15 is 0 Å². The minimum absolute atomic E-state index is 0.0679. The molecule has 1 unspecified atom stereocenters. The van der Waals surface area contributed by atoms with Gasteiger partial charge in [-0.15, -0.1) is 0 Å². The number of ether oxygens (including phenoxy) is 5. The summed E-state index contributed by atoms with van der Waals surface area (Å²) in [4.78, 5) is 11.4. The summed E-state index contributed by atoms with van der Waals surface area (Å²) >= 11 is 0. The van der Waals surface area contributed by atoms with Crippen molar-refractivity contribution in [2.75, 3.05) is 46.2 Å². The van der Waals surface area contributed by atoms with Crippen LogP contribution >= 0.6 is 0 Å². The number of aryl methyl sites for hydroxylation is 1. The van der Waals surface area contributed by atoms with Crippen molar-refractivity contribution in [3.8, 4) is 5.75 Å². The summed E-state index contributed by atoms with van der Waals surface area (Å²) in [6, 6.07) is 5.91. The highest BCUT2D eigenvalue weighted by Gasteiger charge is 2.13. The predicted molar refractivity (Wildman–Crippen MR) is 126 cm³/mol. The molecular formula is C26H42O6. The molecule has 1 aliphatic rings. The van der Waals surface area contributed by atoms with E-state index in [1.54, 1.807) is 0 Å². The Labute approximate surface area is 193 Å². The maximum atomic E-state index is 11.4. The molecule has 1 atom stereocenters. The first-order chi connectivity index (χ1) is 15.8. The Morgan fingerprint density at radius 1 is 0.938 bits per heavy atom. The lowest BCUT2D eigenvalue weighted by molar-refractivity contribution is -0.169. The zero-order chi connectivity index (χ0) is 22.7. The molecule has 0 aromatic heterocycles. The Kier molecular flexibility index (Phi) is 15.1. The molecule has 6 nitrogen and oxygen atoms in total. The summed E-state index contributed by atoms with van der Waals surface area (Å²) < 4.78 is 27.9. The molecule has 0 bridgehead atoms. The van der Waals surface area contributed by atoms with E-state index in [0.717, 1.165) is 32.2 Å². The summed E-state index contributed by atoms with van der Waals surface area (Å²) in [6.07, 6.45) is 12.7. The fourth-order valence-corrected chi connectivity index (χ4v) is 3.70. The lowest BCUT2D eigenvalue weighted by Gasteiger charge is -2.22. The Balaban J connectivity index is 1.48. The van der Waals surface area contributed by atoms with Gasteiger partial charge in [0.2, 0.25) is 0 Å². The van der Waals surface area contributed by atoms with Crippen molar-refractivity contribution < 1.29 is 28.5 Å². The van der Waals surface area contributed by atoms with E-state index in [2.05, 4.69) is 13.0 Å². The van der Waals surface area contributed by atoms with Crippen LogP contribution in [-0.2, 0) is 25.4 Å². The van der Waals surface area contributed by atoms with Crippen molar-refractivity contribution in [1.29, 1.82) is 0 Å². The second-order valence-corrected chi connectivity index (χ2v) is 8.25. The highest BCUT2D eigenvalue weighted by molar-refractivity contribution is 5.79. The number of carbonyl (C=O) groups is 1. The molecule has 2 rings (SSSR count). The molecule has 0 radical (unpaired) electrons. The van der Waals surface area contributed by atoms with Gasteiger partial charge in [-0.3, -0.25) is 4.79 Å². The second-order valence-electron chi connectivity index (χ2n) is 8.25. The van der Waals surface area contributed by atoms with Gasteiger partial charge in [0.15, 0.2) is 12.6 Å². The lowest BCUT2D eigenvalue weighted by atomic mass is 10.0. The highest BCUT2D eigenvalue weighted by Crippen LogP contribution is 2.20. The normalized spacial score (nSPS) is 16.2. The summed E-state index contributed by atoms with van der Waals surface area (Å²) in [5.41, 5.74) is 1.81. The minimum atomic E-state index is -0.0679. The molecule has 1 heterocycles. The molecule has 0 saturated carbocycles. The van der Waals surface area contributed by atoms with E-state index in [4.69, 9.17) is 23.7 Å². The van der Waals surface area contributed by atoms with Gasteiger partial charge in [-0.25, -0.2) is 0 Å². The Hall–Kier alpha value is -1.47. The minimum Gasteiger partial charge on any atom is -0.490 e. The third-order valence-corrected chi connectivity index (χ3v) is 5.55. The molecule has 6 heteroatoms. The van der Waals surface area contributed by atoms with Crippen molar-refractivity contribution in [2.45, 2.75) is 77.4 Å². The molecule has 182 valence electrons. The highest BCUT2D eigenvalue weighted by atomic mass is 16.7. The Morgan fingerprint density at radius 2 is 1.69 bits per heavy atom. The fourth-order valence-electron chi connectivity index (χ4n) is 3.70. The number of hydrogen-bond acceptors (Lipinski definition) is 6. The standard InChI is InChI=1S/C26H42O6/c1-2-3-4-5-6-7-10-23-12-13-25(24(21-23)22-27)30-19-17-28-15-16-29-18-20-32-26-11-8-9-14-31-26/h12-13,21-22,26H,2-11,14-20H2,1H3. The van der Waals surface area contributed by atoms with Crippen molar-refractivity contribution >= 4 is 6.29 Å². The van der Waals surface area contributed by atoms with Crippen molar-refractivity contribution in [1.82, 2.24) is 0 Å². The first-order valence-electron chi connectivity index (χ1n) is 12.4. The number of benzene rings is 1. The third-order valence-electron chi connectivity index (χ3n) is 5.55. The van der Waals surface area contributed by atoms with Gasteiger partial charge in [-0.05, 0) is 49.8 Å². The third kappa shape index (κ3) is 12.0. The summed E-state index contributed by atoms with van der Waals surface area (Å²) in [7, 11) is 0. The van der Waals surface area contributed by atoms with Crippen LogP contribution in [0.15, 0.2) is 18.2 Å². The van der Waals surface area contributed by atoms with Gasteiger partial charge in [0.25, 0.3) is 0 Å². The molecule has 1 aromatic rings. The van der Waals surface area contributed by atoms with Gasteiger partial charge in [0.05, 0.1) is 38.6 Å². The Morgan fingerprint density at radius 3 is 2.44 bits per heavy atom. The molecule has 0 spiro atoms. The van der Waals surface area contributed by atoms with E-state index in [0.29, 0.717) is 51.0 Å². The van der Waals surface area contributed by atoms with Crippen LogP contribution in [0, 0.1) is 0 Å². The van der Waals surface area contributed by atoms with Gasteiger partial charge in [-0.2, -0.15) is 0 Å². The molecular weight excluding hydrogens is 408 g/mol. The zero-order valence-corrected chi connectivity index (χ0v) is 19.9. The first kappa shape index (κ1) is 26.8. The van der Waals surface area contributed by atoms with E-state index < -0.39 is 0 Å². The van der Waals surface area contributed by atoms with Crippen LogP contribution in [0.2, 0.25) is 0 Å². The summed E-state index contributed by atoms with van der Waals surface area (Å²) in [5, 5.41) is 0. The molecule has 0 N–H and O–H groups in total. The number of carbonyl (C=O) groups excluding carboxylic acids is 1. The molecule has 1 fully saturated rings. The van der Waals surface area contributed by atoms with Crippen LogP contribution in [0.4, 0.5) is 0 Å². The van der Waals surface area contributed by atoms with Gasteiger partial charge in [0, 0.05) is 6.61 Å². The van der Waals surface area contributed by atoms with Crippen LogP contribution in [0.25, 0.3) is 0 Å². The van der Waals surface area contributed by atoms with Crippen LogP contribution in [0.5, 0.6) is 5.75 Å². The summed E-state index contributed by atoms with van der Waals surface area (Å²) in [5.74, 6) is 0.619. The lowest BCUT2D eigenvalue weighted by Crippen LogP contribution is -2.24. The van der Waals surface area contributed by atoms with Crippen LogP contribution in [0.1, 0.15) is 80.6 Å². The topological polar surface area (TPSA) is 63.2 Å². The number of aldehydes is 1. The number of hydrogen-bond donors (Lipinski definition) is 0. The maximum absolute atomic E-state index is 11.4. The van der Waals surface area contributed by atoms with Crippen molar-refractivity contribution in [2.24, 2.45) is 0 Å². The SMILES string of the molecule is CCCCCCCCc1ccc(OCCOCCOCCOC2CCCCO2)c(C=O)c1. The first-order valence-corrected chi connectivity index (χ1v) is 12.4. The maximum Gasteiger partial charge on any atom is 0.157 e. The van der Waals surface area contributed by atoms with E-state index in [-0.39, 0.29) is 6.29 Å². The molecule has 1 saturated heterocycles. The molecule has 32 heavy (non-hydrogen) atoms. The van der Waals surface area contributed by atoms with Crippen LogP contribution in [0.3, 0.4) is 0 Å².